The van der Waals surface area contributed by atoms with Crippen molar-refractivity contribution in [3.63, 3.8) is 0 Å². The normalized spacial score (nSPS) is 22.2. The highest BCUT2D eigenvalue weighted by atomic mass is 32.1. The second-order valence-corrected chi connectivity index (χ2v) is 9.62. The summed E-state index contributed by atoms with van der Waals surface area (Å²) in [5, 5.41) is 11.7. The lowest BCUT2D eigenvalue weighted by atomic mass is 9.80. The van der Waals surface area contributed by atoms with Gasteiger partial charge in [0.25, 0.3) is 5.92 Å². The van der Waals surface area contributed by atoms with Crippen molar-refractivity contribution in [2.45, 2.75) is 42.2 Å². The zero-order chi connectivity index (χ0) is 23.1. The standard InChI is InChI=1S/C27H28F2N2OS/c28-26(29)13-16-30(17-14-26)22-9-5-20(6-10-22)19-31-18-15-27(32,21-7-11-23(33)12-8-21)24-3-1-2-4-25(24)31/h1-12,32-33H,13-19H2. The number of benzene rings is 3. The molecule has 0 radical (unpaired) electrons. The summed E-state index contributed by atoms with van der Waals surface area (Å²) in [4.78, 5) is 5.20. The number of fused-ring (bicyclic) bond motifs is 1. The number of thiol groups is 1. The summed E-state index contributed by atoms with van der Waals surface area (Å²) in [6.45, 7) is 2.22. The van der Waals surface area contributed by atoms with Crippen LogP contribution in [-0.2, 0) is 12.1 Å². The van der Waals surface area contributed by atoms with E-state index in [9.17, 15) is 13.9 Å². The third kappa shape index (κ3) is 4.46. The second-order valence-electron chi connectivity index (χ2n) is 9.11. The molecular weight excluding hydrogens is 438 g/mol. The molecule has 3 nitrogen and oxygen atoms in total. The molecule has 6 heteroatoms. The van der Waals surface area contributed by atoms with E-state index < -0.39 is 11.5 Å². The molecule has 0 aliphatic carbocycles. The highest BCUT2D eigenvalue weighted by Gasteiger charge is 2.38. The van der Waals surface area contributed by atoms with E-state index in [1.807, 2.05) is 59.5 Å². The highest BCUT2D eigenvalue weighted by molar-refractivity contribution is 7.80. The topological polar surface area (TPSA) is 26.7 Å². The van der Waals surface area contributed by atoms with Crippen LogP contribution in [-0.4, -0.2) is 30.7 Å². The van der Waals surface area contributed by atoms with Crippen molar-refractivity contribution < 1.29 is 13.9 Å². The monoisotopic (exact) mass is 466 g/mol. The van der Waals surface area contributed by atoms with E-state index in [1.54, 1.807) is 0 Å². The summed E-state index contributed by atoms with van der Waals surface area (Å²) in [5.41, 5.74) is 3.94. The lowest BCUT2D eigenvalue weighted by Gasteiger charge is -2.41. The minimum atomic E-state index is -2.53. The molecule has 2 aliphatic heterocycles. The van der Waals surface area contributed by atoms with Crippen LogP contribution in [0.5, 0.6) is 0 Å². The van der Waals surface area contributed by atoms with Crippen molar-refractivity contribution >= 4 is 24.0 Å². The smallest absolute Gasteiger partial charge is 0.251 e. The summed E-state index contributed by atoms with van der Waals surface area (Å²) < 4.78 is 26.9. The summed E-state index contributed by atoms with van der Waals surface area (Å²) in [6.07, 6.45) is 0.424. The van der Waals surface area contributed by atoms with E-state index in [-0.39, 0.29) is 12.8 Å². The number of piperidine rings is 1. The Labute approximate surface area is 199 Å². The summed E-state index contributed by atoms with van der Waals surface area (Å²) >= 11 is 4.37. The minimum absolute atomic E-state index is 0.0844. The van der Waals surface area contributed by atoms with Crippen molar-refractivity contribution in [3.8, 4) is 0 Å². The largest absolute Gasteiger partial charge is 0.380 e. The van der Waals surface area contributed by atoms with Gasteiger partial charge in [0.15, 0.2) is 0 Å². The van der Waals surface area contributed by atoms with Gasteiger partial charge in [0, 0.05) is 67.3 Å². The predicted molar refractivity (Wildman–Crippen MR) is 132 cm³/mol. The fourth-order valence-electron chi connectivity index (χ4n) is 4.98. The number of aliphatic hydroxyl groups is 1. The molecule has 2 heterocycles. The maximum atomic E-state index is 13.5. The van der Waals surface area contributed by atoms with Gasteiger partial charge in [0.2, 0.25) is 0 Å². The second kappa shape index (κ2) is 8.65. The molecule has 1 fully saturated rings. The number of nitrogens with zero attached hydrogens (tertiary/aromatic N) is 2. The zero-order valence-corrected chi connectivity index (χ0v) is 19.3. The Bertz CT molecular complexity index is 1110. The van der Waals surface area contributed by atoms with Crippen molar-refractivity contribution in [1.29, 1.82) is 0 Å². The molecule has 1 N–H and O–H groups in total. The van der Waals surface area contributed by atoms with Crippen LogP contribution in [0.15, 0.2) is 77.7 Å². The molecule has 0 amide bonds. The number of hydrogen-bond donors (Lipinski definition) is 2. The molecule has 1 atom stereocenters. The Morgan fingerprint density at radius 2 is 1.48 bits per heavy atom. The Morgan fingerprint density at radius 3 is 2.18 bits per heavy atom. The molecule has 2 aliphatic rings. The van der Waals surface area contributed by atoms with Crippen molar-refractivity contribution in [2.24, 2.45) is 0 Å². The predicted octanol–water partition coefficient (Wildman–Crippen LogP) is 5.86. The van der Waals surface area contributed by atoms with Gasteiger partial charge in [0.1, 0.15) is 5.60 Å². The third-order valence-corrected chi connectivity index (χ3v) is 7.25. The SMILES string of the molecule is OC1(c2ccc(S)cc2)CCN(Cc2ccc(N3CCC(F)(F)CC3)cc2)c2ccccc21. The first kappa shape index (κ1) is 22.2. The van der Waals surface area contributed by atoms with Crippen LogP contribution in [0, 0.1) is 0 Å². The van der Waals surface area contributed by atoms with Crippen LogP contribution in [0.25, 0.3) is 0 Å². The molecule has 5 rings (SSSR count). The maximum absolute atomic E-state index is 13.5. The first-order chi connectivity index (χ1) is 15.8. The van der Waals surface area contributed by atoms with E-state index in [1.165, 1.54) is 0 Å². The van der Waals surface area contributed by atoms with Gasteiger partial charge in [-0.25, -0.2) is 8.78 Å². The van der Waals surface area contributed by atoms with Gasteiger partial charge in [0.05, 0.1) is 0 Å². The number of halogens is 2. The first-order valence-corrected chi connectivity index (χ1v) is 11.9. The van der Waals surface area contributed by atoms with Gasteiger partial charge in [-0.1, -0.05) is 42.5 Å². The Hall–Kier alpha value is -2.57. The van der Waals surface area contributed by atoms with Crippen molar-refractivity contribution in [3.05, 3.63) is 89.5 Å². The highest BCUT2D eigenvalue weighted by Crippen LogP contribution is 2.43. The van der Waals surface area contributed by atoms with Gasteiger partial charge < -0.3 is 14.9 Å². The van der Waals surface area contributed by atoms with Gasteiger partial charge in [-0.2, -0.15) is 0 Å². The third-order valence-electron chi connectivity index (χ3n) is 6.95. The van der Waals surface area contributed by atoms with Crippen LogP contribution < -0.4 is 9.80 Å². The Kier molecular flexibility index (Phi) is 5.83. The minimum Gasteiger partial charge on any atom is -0.380 e. The molecular formula is C27H28F2N2OS. The van der Waals surface area contributed by atoms with Crippen LogP contribution in [0.3, 0.4) is 0 Å². The van der Waals surface area contributed by atoms with Crippen LogP contribution >= 0.6 is 12.6 Å². The lowest BCUT2D eigenvalue weighted by Crippen LogP contribution is -2.41. The number of rotatable bonds is 4. The summed E-state index contributed by atoms with van der Waals surface area (Å²) in [5.74, 6) is -2.53. The molecule has 3 aromatic carbocycles. The van der Waals surface area contributed by atoms with Crippen molar-refractivity contribution in [1.82, 2.24) is 0 Å². The van der Waals surface area contributed by atoms with Crippen molar-refractivity contribution in [2.75, 3.05) is 29.4 Å². The molecule has 1 unspecified atom stereocenters. The Balaban J connectivity index is 1.34. The van der Waals surface area contributed by atoms with E-state index >= 15 is 0 Å². The first-order valence-electron chi connectivity index (χ1n) is 11.4. The van der Waals surface area contributed by atoms with E-state index in [4.69, 9.17) is 0 Å². The lowest BCUT2D eigenvalue weighted by molar-refractivity contribution is -0.0220. The van der Waals surface area contributed by atoms with Gasteiger partial charge in [-0.05, 0) is 41.5 Å². The Morgan fingerprint density at radius 1 is 0.818 bits per heavy atom. The zero-order valence-electron chi connectivity index (χ0n) is 18.4. The molecule has 172 valence electrons. The number of anilines is 2. The summed E-state index contributed by atoms with van der Waals surface area (Å²) in [7, 11) is 0. The van der Waals surface area contributed by atoms with Crippen LogP contribution in [0.2, 0.25) is 0 Å². The quantitative estimate of drug-likeness (QED) is 0.472. The molecule has 1 saturated heterocycles. The van der Waals surface area contributed by atoms with Gasteiger partial charge >= 0.3 is 0 Å². The molecule has 33 heavy (non-hydrogen) atoms. The van der Waals surface area contributed by atoms with E-state index in [0.29, 0.717) is 19.5 Å². The van der Waals surface area contributed by atoms with Crippen LogP contribution in [0.1, 0.15) is 36.0 Å². The molecule has 3 aromatic rings. The number of alkyl halides is 2. The van der Waals surface area contributed by atoms with Gasteiger partial charge in [-0.15, -0.1) is 12.6 Å². The maximum Gasteiger partial charge on any atom is 0.251 e. The average molecular weight is 467 g/mol. The number of hydrogen-bond acceptors (Lipinski definition) is 4. The number of para-hydroxylation sites is 1. The van der Waals surface area contributed by atoms with E-state index in [0.717, 1.165) is 46.1 Å². The fraction of sp³-hybridized carbons (Fsp3) is 0.333. The summed E-state index contributed by atoms with van der Waals surface area (Å²) in [6, 6.07) is 24.0. The molecule has 0 saturated carbocycles. The van der Waals surface area contributed by atoms with Crippen LogP contribution in [0.4, 0.5) is 20.2 Å². The van der Waals surface area contributed by atoms with E-state index in [2.05, 4.69) is 35.7 Å². The average Bonchev–Trinajstić information content (AvgIpc) is 2.82. The molecule has 0 spiro atoms. The molecule has 0 aromatic heterocycles. The fourth-order valence-corrected chi connectivity index (χ4v) is 5.13. The molecule has 0 bridgehead atoms. The van der Waals surface area contributed by atoms with Gasteiger partial charge in [-0.3, -0.25) is 0 Å².